The van der Waals surface area contributed by atoms with E-state index in [4.69, 9.17) is 28.4 Å². The third-order valence-corrected chi connectivity index (χ3v) is 6.71. The van der Waals surface area contributed by atoms with Crippen molar-refractivity contribution in [2.45, 2.75) is 35.8 Å². The Bertz CT molecular complexity index is 1120. The van der Waals surface area contributed by atoms with Crippen molar-refractivity contribution in [1.82, 2.24) is 5.32 Å². The van der Waals surface area contributed by atoms with Crippen LogP contribution in [0, 0.1) is 0 Å². The van der Waals surface area contributed by atoms with Crippen molar-refractivity contribution < 1.29 is 42.8 Å². The van der Waals surface area contributed by atoms with Crippen LogP contribution in [0.2, 0.25) is 0 Å². The molecule has 1 unspecified atom stereocenters. The minimum atomic E-state index is -1.18. The molecule has 186 valence electrons. The van der Waals surface area contributed by atoms with Gasteiger partial charge in [-0.2, -0.15) is 0 Å². The van der Waals surface area contributed by atoms with E-state index in [1.807, 2.05) is 6.07 Å². The highest BCUT2D eigenvalue weighted by atomic mass is 32.2. The number of fused-ring (bicyclic) bond motifs is 1. The van der Waals surface area contributed by atoms with Crippen molar-refractivity contribution >= 4 is 29.4 Å². The van der Waals surface area contributed by atoms with Gasteiger partial charge in [-0.1, -0.05) is 0 Å². The zero-order valence-corrected chi connectivity index (χ0v) is 20.2. The van der Waals surface area contributed by atoms with E-state index in [1.165, 1.54) is 31.9 Å². The molecule has 1 N–H and O–H groups in total. The molecule has 0 radical (unpaired) electrons. The molecule has 3 atom stereocenters. The van der Waals surface area contributed by atoms with Crippen LogP contribution in [0.25, 0.3) is 0 Å². The SMILES string of the molecule is COc1ccc(SC2CC(=O)[C@H](NC(=O)c3ccc4c(c3)OCO4)O[C@@H]2COC(C)=O)cc1OC. The van der Waals surface area contributed by atoms with Crippen LogP contribution in [-0.2, 0) is 19.1 Å². The van der Waals surface area contributed by atoms with Gasteiger partial charge in [0.2, 0.25) is 6.79 Å². The molecule has 0 aromatic heterocycles. The summed E-state index contributed by atoms with van der Waals surface area (Å²) < 4.78 is 32.3. The molecular formula is C24H25NO9S. The molecule has 1 saturated heterocycles. The summed E-state index contributed by atoms with van der Waals surface area (Å²) in [6.07, 6.45) is -1.73. The van der Waals surface area contributed by atoms with Crippen LogP contribution in [0.1, 0.15) is 23.7 Å². The number of ketones is 1. The number of carbonyl (C=O) groups is 3. The Balaban J connectivity index is 1.47. The lowest BCUT2D eigenvalue weighted by Crippen LogP contribution is -2.53. The molecular weight excluding hydrogens is 478 g/mol. The van der Waals surface area contributed by atoms with Gasteiger partial charge in [0.05, 0.1) is 14.2 Å². The lowest BCUT2D eigenvalue weighted by atomic mass is 10.1. The highest BCUT2D eigenvalue weighted by Gasteiger charge is 2.39. The summed E-state index contributed by atoms with van der Waals surface area (Å²) in [5, 5.41) is 2.26. The number of hydrogen-bond donors (Lipinski definition) is 1. The second-order valence-corrected chi connectivity index (χ2v) is 9.05. The molecule has 0 bridgehead atoms. The van der Waals surface area contributed by atoms with Gasteiger partial charge >= 0.3 is 5.97 Å². The van der Waals surface area contributed by atoms with Crippen LogP contribution < -0.4 is 24.3 Å². The minimum Gasteiger partial charge on any atom is -0.493 e. The van der Waals surface area contributed by atoms with Crippen molar-refractivity contribution in [1.29, 1.82) is 0 Å². The molecule has 2 aromatic rings. The average Bonchev–Trinajstić information content (AvgIpc) is 3.32. The Morgan fingerprint density at radius 1 is 1.06 bits per heavy atom. The summed E-state index contributed by atoms with van der Waals surface area (Å²) in [6, 6.07) is 10.1. The predicted molar refractivity (Wildman–Crippen MR) is 124 cm³/mol. The first kappa shape index (κ1) is 24.7. The topological polar surface area (TPSA) is 119 Å². The van der Waals surface area contributed by atoms with Crippen molar-refractivity contribution in [2.75, 3.05) is 27.6 Å². The molecule has 11 heteroatoms. The van der Waals surface area contributed by atoms with Crippen LogP contribution in [0.3, 0.4) is 0 Å². The first-order valence-corrected chi connectivity index (χ1v) is 11.7. The molecule has 1 amide bonds. The first-order valence-electron chi connectivity index (χ1n) is 10.8. The smallest absolute Gasteiger partial charge is 0.302 e. The number of rotatable bonds is 8. The van der Waals surface area contributed by atoms with Gasteiger partial charge in [-0.05, 0) is 36.4 Å². The van der Waals surface area contributed by atoms with Crippen molar-refractivity contribution in [3.63, 3.8) is 0 Å². The Morgan fingerprint density at radius 3 is 2.57 bits per heavy atom. The molecule has 2 aliphatic heterocycles. The quantitative estimate of drug-likeness (QED) is 0.539. The number of esters is 1. The third-order valence-electron chi connectivity index (χ3n) is 5.41. The minimum absolute atomic E-state index is 0.0655. The van der Waals surface area contributed by atoms with Gasteiger partial charge < -0.3 is 33.7 Å². The van der Waals surface area contributed by atoms with E-state index in [1.54, 1.807) is 31.4 Å². The summed E-state index contributed by atoms with van der Waals surface area (Å²) in [4.78, 5) is 37.9. The monoisotopic (exact) mass is 503 g/mol. The van der Waals surface area contributed by atoms with Gasteiger partial charge in [-0.3, -0.25) is 14.4 Å². The van der Waals surface area contributed by atoms with E-state index in [0.29, 0.717) is 28.6 Å². The Kier molecular flexibility index (Phi) is 7.67. The average molecular weight is 504 g/mol. The number of nitrogens with one attached hydrogen (secondary N) is 1. The van der Waals surface area contributed by atoms with Gasteiger partial charge in [0, 0.05) is 29.1 Å². The second kappa shape index (κ2) is 10.9. The molecule has 4 rings (SSSR count). The fraction of sp³-hybridized carbons (Fsp3) is 0.375. The van der Waals surface area contributed by atoms with Crippen LogP contribution in [0.15, 0.2) is 41.3 Å². The Hall–Kier alpha value is -3.44. The summed E-state index contributed by atoms with van der Waals surface area (Å²) in [5.41, 5.74) is 0.295. The molecule has 0 spiro atoms. The van der Waals surface area contributed by atoms with E-state index in [-0.39, 0.29) is 30.9 Å². The van der Waals surface area contributed by atoms with Crippen LogP contribution in [0.4, 0.5) is 0 Å². The van der Waals surface area contributed by atoms with Crippen molar-refractivity contribution in [3.8, 4) is 23.0 Å². The molecule has 2 heterocycles. The molecule has 0 saturated carbocycles. The number of Topliss-reactive ketones (excluding diaryl/α,β-unsaturated/α-hetero) is 1. The van der Waals surface area contributed by atoms with Crippen LogP contribution in [0.5, 0.6) is 23.0 Å². The van der Waals surface area contributed by atoms with E-state index >= 15 is 0 Å². The maximum Gasteiger partial charge on any atom is 0.302 e. The lowest BCUT2D eigenvalue weighted by Gasteiger charge is -2.35. The van der Waals surface area contributed by atoms with Crippen molar-refractivity contribution in [2.24, 2.45) is 0 Å². The van der Waals surface area contributed by atoms with Gasteiger partial charge in [0.1, 0.15) is 12.7 Å². The van der Waals surface area contributed by atoms with E-state index in [2.05, 4.69) is 5.32 Å². The normalized spacial score (nSPS) is 20.8. The van der Waals surface area contributed by atoms with Gasteiger partial charge in [-0.15, -0.1) is 11.8 Å². The second-order valence-electron chi connectivity index (χ2n) is 7.74. The highest BCUT2D eigenvalue weighted by molar-refractivity contribution is 8.00. The predicted octanol–water partition coefficient (Wildman–Crippen LogP) is 2.57. The van der Waals surface area contributed by atoms with E-state index < -0.39 is 24.2 Å². The summed E-state index contributed by atoms with van der Waals surface area (Å²) in [7, 11) is 3.09. The number of thioether (sulfide) groups is 1. The van der Waals surface area contributed by atoms with Crippen LogP contribution >= 0.6 is 11.8 Å². The van der Waals surface area contributed by atoms with Gasteiger partial charge in [0.25, 0.3) is 5.91 Å². The fourth-order valence-electron chi connectivity index (χ4n) is 3.66. The number of amides is 1. The highest BCUT2D eigenvalue weighted by Crippen LogP contribution is 2.38. The van der Waals surface area contributed by atoms with Crippen molar-refractivity contribution in [3.05, 3.63) is 42.0 Å². The fourth-order valence-corrected chi connectivity index (χ4v) is 4.87. The summed E-state index contributed by atoms with van der Waals surface area (Å²) in [6.45, 7) is 1.31. The van der Waals surface area contributed by atoms with Gasteiger partial charge in [-0.25, -0.2) is 0 Å². The van der Waals surface area contributed by atoms with Crippen LogP contribution in [-0.4, -0.2) is 62.9 Å². The van der Waals surface area contributed by atoms with E-state index in [9.17, 15) is 14.4 Å². The maximum absolute atomic E-state index is 12.9. The molecule has 10 nitrogen and oxygen atoms in total. The first-order chi connectivity index (χ1) is 16.9. The number of ether oxygens (including phenoxy) is 6. The Morgan fingerprint density at radius 2 is 1.83 bits per heavy atom. The zero-order chi connectivity index (χ0) is 24.9. The summed E-state index contributed by atoms with van der Waals surface area (Å²) in [5.74, 6) is 0.855. The standard InChI is InChI=1S/C24H25NO9S/c1-13(26)31-11-21-22(35-15-5-7-17(29-2)19(9-15)30-3)10-16(27)24(34-21)25-23(28)14-4-6-18-20(8-14)33-12-32-18/h4-9,21-22,24H,10-12H2,1-3H3,(H,25,28)/t21-,22?,24-/m1/s1. The lowest BCUT2D eigenvalue weighted by molar-refractivity contribution is -0.156. The molecule has 2 aromatic carbocycles. The zero-order valence-electron chi connectivity index (χ0n) is 19.4. The molecule has 0 aliphatic carbocycles. The largest absolute Gasteiger partial charge is 0.493 e. The molecule has 35 heavy (non-hydrogen) atoms. The summed E-state index contributed by atoms with van der Waals surface area (Å²) >= 11 is 1.39. The molecule has 1 fully saturated rings. The number of carbonyl (C=O) groups excluding carboxylic acids is 3. The maximum atomic E-state index is 12.9. The van der Waals surface area contributed by atoms with Gasteiger partial charge in [0.15, 0.2) is 35.0 Å². The molecule has 2 aliphatic rings. The number of hydrogen-bond acceptors (Lipinski definition) is 10. The number of benzene rings is 2. The Labute approximate surface area is 206 Å². The van der Waals surface area contributed by atoms with E-state index in [0.717, 1.165) is 4.90 Å². The third kappa shape index (κ3) is 5.80. The number of methoxy groups -OCH3 is 2.